The topological polar surface area (TPSA) is 55.6 Å². The predicted molar refractivity (Wildman–Crippen MR) is 83.0 cm³/mol. The van der Waals surface area contributed by atoms with Crippen LogP contribution in [0.25, 0.3) is 0 Å². The maximum atomic E-state index is 12.5. The van der Waals surface area contributed by atoms with Crippen molar-refractivity contribution in [3.63, 3.8) is 0 Å². The summed E-state index contributed by atoms with van der Waals surface area (Å²) in [6, 6.07) is 0. The second-order valence-electron chi connectivity index (χ2n) is 6.39. The highest BCUT2D eigenvalue weighted by Crippen LogP contribution is 2.39. The van der Waals surface area contributed by atoms with Crippen LogP contribution in [0.2, 0.25) is 0 Å². The zero-order valence-electron chi connectivity index (χ0n) is 12.6. The molecule has 0 spiro atoms. The number of hydrogen-bond acceptors (Lipinski definition) is 3. The van der Waals surface area contributed by atoms with E-state index in [4.69, 9.17) is 10.5 Å². The van der Waals surface area contributed by atoms with E-state index >= 15 is 0 Å². The summed E-state index contributed by atoms with van der Waals surface area (Å²) in [6.45, 7) is 3.20. The first-order valence-electron chi connectivity index (χ1n) is 7.66. The second kappa shape index (κ2) is 8.20. The number of methoxy groups -OCH3 is 1. The van der Waals surface area contributed by atoms with Crippen molar-refractivity contribution in [3.05, 3.63) is 0 Å². The summed E-state index contributed by atoms with van der Waals surface area (Å²) in [4.78, 5) is 14.5. The van der Waals surface area contributed by atoms with Gasteiger partial charge in [0.25, 0.3) is 0 Å². The van der Waals surface area contributed by atoms with Gasteiger partial charge in [-0.05, 0) is 31.2 Å². The van der Waals surface area contributed by atoms with E-state index in [2.05, 4.69) is 0 Å². The third-order valence-electron chi connectivity index (χ3n) is 4.91. The van der Waals surface area contributed by atoms with E-state index in [9.17, 15) is 4.79 Å². The molecule has 2 fully saturated rings. The Morgan fingerprint density at radius 2 is 2.05 bits per heavy atom. The number of nitrogens with zero attached hydrogens (tertiary/aromatic N) is 1. The standard InChI is InChI=1S/C15H28N2O2.ClH/c1-19-11-13-5-8-17(10-13)14(18)9-15(12-16)6-3-2-4-7-15;/h13H,2-12,16H2,1H3;1H. The van der Waals surface area contributed by atoms with Crippen LogP contribution < -0.4 is 5.73 Å². The first-order chi connectivity index (χ1) is 9.19. The van der Waals surface area contributed by atoms with Crippen LogP contribution in [0.15, 0.2) is 0 Å². The number of rotatable bonds is 5. The van der Waals surface area contributed by atoms with Crippen molar-refractivity contribution < 1.29 is 9.53 Å². The SMILES string of the molecule is COCC1CCN(C(=O)CC2(CN)CCCCC2)C1.Cl. The Bertz CT molecular complexity index is 306. The first kappa shape index (κ1) is 17.7. The van der Waals surface area contributed by atoms with Crippen molar-refractivity contribution in [1.29, 1.82) is 0 Å². The number of carbonyl (C=O) groups is 1. The number of halogens is 1. The van der Waals surface area contributed by atoms with Gasteiger partial charge < -0.3 is 15.4 Å². The van der Waals surface area contributed by atoms with Crippen LogP contribution >= 0.6 is 12.4 Å². The van der Waals surface area contributed by atoms with Gasteiger partial charge in [-0.1, -0.05) is 19.3 Å². The molecule has 0 radical (unpaired) electrons. The summed E-state index contributed by atoms with van der Waals surface area (Å²) in [5, 5.41) is 0. The van der Waals surface area contributed by atoms with E-state index in [0.29, 0.717) is 24.8 Å². The molecule has 1 unspecified atom stereocenters. The molecule has 1 saturated carbocycles. The average molecular weight is 305 g/mol. The first-order valence-corrected chi connectivity index (χ1v) is 7.66. The largest absolute Gasteiger partial charge is 0.384 e. The van der Waals surface area contributed by atoms with Crippen LogP contribution in [0.4, 0.5) is 0 Å². The normalized spacial score (nSPS) is 25.3. The van der Waals surface area contributed by atoms with Gasteiger partial charge in [0.2, 0.25) is 5.91 Å². The number of likely N-dealkylation sites (tertiary alicyclic amines) is 1. The molecule has 0 aromatic rings. The average Bonchev–Trinajstić information content (AvgIpc) is 2.89. The molecular weight excluding hydrogens is 276 g/mol. The van der Waals surface area contributed by atoms with Gasteiger partial charge in [0.05, 0.1) is 6.61 Å². The summed E-state index contributed by atoms with van der Waals surface area (Å²) in [5.74, 6) is 0.833. The molecule has 5 heteroatoms. The Kier molecular flexibility index (Phi) is 7.27. The summed E-state index contributed by atoms with van der Waals surface area (Å²) in [7, 11) is 1.73. The lowest BCUT2D eigenvalue weighted by Gasteiger charge is -2.36. The summed E-state index contributed by atoms with van der Waals surface area (Å²) in [6.07, 6.45) is 7.76. The van der Waals surface area contributed by atoms with Gasteiger partial charge >= 0.3 is 0 Å². The molecule has 0 aromatic heterocycles. The molecular formula is C15H29ClN2O2. The van der Waals surface area contributed by atoms with Crippen LogP contribution in [-0.2, 0) is 9.53 Å². The van der Waals surface area contributed by atoms with Crippen LogP contribution in [-0.4, -0.2) is 44.2 Å². The lowest BCUT2D eigenvalue weighted by Crippen LogP contribution is -2.40. The fraction of sp³-hybridized carbons (Fsp3) is 0.933. The summed E-state index contributed by atoms with van der Waals surface area (Å²) < 4.78 is 5.19. The molecule has 118 valence electrons. The van der Waals surface area contributed by atoms with Gasteiger partial charge in [-0.2, -0.15) is 0 Å². The van der Waals surface area contributed by atoms with Crippen LogP contribution in [0.3, 0.4) is 0 Å². The minimum atomic E-state index is 0. The van der Waals surface area contributed by atoms with Crippen molar-refractivity contribution in [2.75, 3.05) is 33.4 Å². The molecule has 1 atom stereocenters. The third-order valence-corrected chi connectivity index (χ3v) is 4.91. The van der Waals surface area contributed by atoms with Crippen LogP contribution in [0.5, 0.6) is 0 Å². The minimum absolute atomic E-state index is 0. The van der Waals surface area contributed by atoms with E-state index in [1.54, 1.807) is 7.11 Å². The molecule has 20 heavy (non-hydrogen) atoms. The highest BCUT2D eigenvalue weighted by Gasteiger charge is 2.36. The molecule has 1 heterocycles. The Morgan fingerprint density at radius 3 is 2.65 bits per heavy atom. The fourth-order valence-electron chi connectivity index (χ4n) is 3.62. The molecule has 1 saturated heterocycles. The van der Waals surface area contributed by atoms with Gasteiger partial charge in [-0.15, -0.1) is 12.4 Å². The van der Waals surface area contributed by atoms with Crippen molar-refractivity contribution in [3.8, 4) is 0 Å². The molecule has 0 aromatic carbocycles. The Morgan fingerprint density at radius 1 is 1.35 bits per heavy atom. The van der Waals surface area contributed by atoms with Crippen molar-refractivity contribution in [1.82, 2.24) is 4.90 Å². The highest BCUT2D eigenvalue weighted by molar-refractivity contribution is 5.85. The third kappa shape index (κ3) is 4.34. The number of ether oxygens (including phenoxy) is 1. The zero-order chi connectivity index (χ0) is 13.7. The molecule has 1 aliphatic carbocycles. The van der Waals surface area contributed by atoms with Crippen LogP contribution in [0, 0.1) is 11.3 Å². The Labute approximate surface area is 128 Å². The molecule has 0 bridgehead atoms. The molecule has 2 rings (SSSR count). The molecule has 4 nitrogen and oxygen atoms in total. The van der Waals surface area contributed by atoms with E-state index in [1.807, 2.05) is 4.90 Å². The fourth-order valence-corrected chi connectivity index (χ4v) is 3.62. The Hall–Kier alpha value is -0.320. The van der Waals surface area contributed by atoms with Crippen LogP contribution in [0.1, 0.15) is 44.9 Å². The van der Waals surface area contributed by atoms with E-state index in [-0.39, 0.29) is 17.8 Å². The number of nitrogens with two attached hydrogens (primary N) is 1. The maximum absolute atomic E-state index is 12.5. The molecule has 1 aliphatic heterocycles. The van der Waals surface area contributed by atoms with Gasteiger partial charge in [0.15, 0.2) is 0 Å². The molecule has 2 aliphatic rings. The monoisotopic (exact) mass is 304 g/mol. The molecule has 1 amide bonds. The lowest BCUT2D eigenvalue weighted by atomic mass is 9.71. The van der Waals surface area contributed by atoms with Crippen molar-refractivity contribution >= 4 is 18.3 Å². The lowest BCUT2D eigenvalue weighted by molar-refractivity contribution is -0.133. The smallest absolute Gasteiger partial charge is 0.223 e. The van der Waals surface area contributed by atoms with E-state index in [0.717, 1.165) is 39.0 Å². The zero-order valence-corrected chi connectivity index (χ0v) is 13.4. The second-order valence-corrected chi connectivity index (χ2v) is 6.39. The van der Waals surface area contributed by atoms with Crippen molar-refractivity contribution in [2.45, 2.75) is 44.9 Å². The van der Waals surface area contributed by atoms with E-state index in [1.165, 1.54) is 19.3 Å². The summed E-state index contributed by atoms with van der Waals surface area (Å²) in [5.41, 5.74) is 6.06. The number of amides is 1. The Balaban J connectivity index is 0.00000200. The highest BCUT2D eigenvalue weighted by atomic mass is 35.5. The maximum Gasteiger partial charge on any atom is 0.223 e. The van der Waals surface area contributed by atoms with E-state index < -0.39 is 0 Å². The quantitative estimate of drug-likeness (QED) is 0.847. The minimum Gasteiger partial charge on any atom is -0.384 e. The number of carbonyl (C=O) groups excluding carboxylic acids is 1. The van der Waals surface area contributed by atoms with Gasteiger partial charge in [0, 0.05) is 32.5 Å². The summed E-state index contributed by atoms with van der Waals surface area (Å²) >= 11 is 0. The molecule has 2 N–H and O–H groups in total. The van der Waals surface area contributed by atoms with Gasteiger partial charge in [-0.25, -0.2) is 0 Å². The van der Waals surface area contributed by atoms with Crippen molar-refractivity contribution in [2.24, 2.45) is 17.1 Å². The predicted octanol–water partition coefficient (Wildman–Crippen LogP) is 2.20. The number of hydrogen-bond donors (Lipinski definition) is 1. The van der Waals surface area contributed by atoms with Gasteiger partial charge in [0.1, 0.15) is 0 Å². The van der Waals surface area contributed by atoms with Gasteiger partial charge in [-0.3, -0.25) is 4.79 Å².